The van der Waals surface area contributed by atoms with Gasteiger partial charge in [0.1, 0.15) is 9.30 Å². The zero-order valence-electron chi connectivity index (χ0n) is 7.47. The average Bonchev–Trinajstić information content (AvgIpc) is 1.82. The molecule has 0 unspecified atom stereocenters. The van der Waals surface area contributed by atoms with Gasteiger partial charge in [0.15, 0.2) is 0 Å². The summed E-state index contributed by atoms with van der Waals surface area (Å²) < 4.78 is 6.52. The molecule has 0 amide bonds. The van der Waals surface area contributed by atoms with Gasteiger partial charge in [0.2, 0.25) is 5.88 Å². The molecule has 0 spiro atoms. The first-order chi connectivity index (χ1) is 5.47. The molecule has 0 radical (unpaired) electrons. The zero-order valence-corrected chi connectivity index (χ0v) is 9.62. The van der Waals surface area contributed by atoms with Crippen LogP contribution in [0.15, 0.2) is 18.2 Å². The van der Waals surface area contributed by atoms with E-state index in [4.69, 9.17) is 4.74 Å². The van der Waals surface area contributed by atoms with Gasteiger partial charge in [-0.05, 0) is 49.4 Å². The Balaban J connectivity index is 2.77. The minimum Gasteiger partial charge on any atom is -0.472 e. The molecule has 1 aromatic rings. The predicted octanol–water partition coefficient (Wildman–Crippen LogP) is 2.86. The van der Waals surface area contributed by atoms with Gasteiger partial charge in [-0.25, -0.2) is 4.98 Å². The Bertz CT molecular complexity index is 267. The fourth-order valence-corrected chi connectivity index (χ4v) is 1.21. The third-order valence-corrected chi connectivity index (χ3v) is 1.70. The molecule has 0 N–H and O–H groups in total. The van der Waals surface area contributed by atoms with E-state index in [-0.39, 0.29) is 5.60 Å². The maximum absolute atomic E-state index is 5.57. The van der Waals surface area contributed by atoms with Gasteiger partial charge in [0.05, 0.1) is 0 Å². The molecule has 0 aliphatic heterocycles. The number of nitrogens with zero attached hydrogens (tertiary/aromatic N) is 1. The van der Waals surface area contributed by atoms with Crippen molar-refractivity contribution in [1.82, 2.24) is 4.98 Å². The Kier molecular flexibility index (Phi) is 2.93. The molecule has 0 saturated heterocycles. The lowest BCUT2D eigenvalue weighted by Crippen LogP contribution is -2.23. The van der Waals surface area contributed by atoms with Crippen molar-refractivity contribution >= 4 is 22.6 Å². The lowest BCUT2D eigenvalue weighted by Gasteiger charge is -2.20. The van der Waals surface area contributed by atoms with Gasteiger partial charge < -0.3 is 4.74 Å². The monoisotopic (exact) mass is 277 g/mol. The van der Waals surface area contributed by atoms with E-state index in [9.17, 15) is 0 Å². The summed E-state index contributed by atoms with van der Waals surface area (Å²) >= 11 is 2.17. The fraction of sp³-hybridized carbons (Fsp3) is 0.444. The molecular weight excluding hydrogens is 265 g/mol. The van der Waals surface area contributed by atoms with Crippen LogP contribution in [0.3, 0.4) is 0 Å². The number of ether oxygens (including phenoxy) is 1. The van der Waals surface area contributed by atoms with Crippen LogP contribution in [0.1, 0.15) is 20.8 Å². The third kappa shape index (κ3) is 3.38. The van der Waals surface area contributed by atoms with Crippen LogP contribution in [0.5, 0.6) is 5.88 Å². The summed E-state index contributed by atoms with van der Waals surface area (Å²) in [5.41, 5.74) is -0.169. The maximum Gasteiger partial charge on any atom is 0.214 e. The molecule has 2 nitrogen and oxygen atoms in total. The average molecular weight is 277 g/mol. The Morgan fingerprint density at radius 2 is 2.00 bits per heavy atom. The van der Waals surface area contributed by atoms with Crippen molar-refractivity contribution in [3.05, 3.63) is 21.9 Å². The summed E-state index contributed by atoms with van der Waals surface area (Å²) in [7, 11) is 0. The Hall–Kier alpha value is -0.320. The number of halogens is 1. The van der Waals surface area contributed by atoms with Crippen LogP contribution in [0.4, 0.5) is 0 Å². The van der Waals surface area contributed by atoms with Gasteiger partial charge in [-0.1, -0.05) is 6.07 Å². The molecule has 0 fully saturated rings. The van der Waals surface area contributed by atoms with E-state index in [0.29, 0.717) is 5.88 Å². The van der Waals surface area contributed by atoms with Crippen molar-refractivity contribution < 1.29 is 4.74 Å². The van der Waals surface area contributed by atoms with Crippen LogP contribution in [0, 0.1) is 3.70 Å². The maximum atomic E-state index is 5.57. The molecule has 3 heteroatoms. The van der Waals surface area contributed by atoms with E-state index in [2.05, 4.69) is 27.6 Å². The Morgan fingerprint density at radius 3 is 2.50 bits per heavy atom. The second-order valence-electron chi connectivity index (χ2n) is 3.51. The molecule has 66 valence electrons. The molecule has 1 aromatic heterocycles. The molecule has 0 bridgehead atoms. The predicted molar refractivity (Wildman–Crippen MR) is 57.3 cm³/mol. The smallest absolute Gasteiger partial charge is 0.214 e. The van der Waals surface area contributed by atoms with Gasteiger partial charge in [-0.3, -0.25) is 0 Å². The van der Waals surface area contributed by atoms with Crippen LogP contribution in [0.2, 0.25) is 0 Å². The van der Waals surface area contributed by atoms with Gasteiger partial charge in [0, 0.05) is 6.07 Å². The van der Waals surface area contributed by atoms with Crippen LogP contribution >= 0.6 is 22.6 Å². The largest absolute Gasteiger partial charge is 0.472 e. The quantitative estimate of drug-likeness (QED) is 0.581. The molecule has 0 aliphatic rings. The summed E-state index contributed by atoms with van der Waals surface area (Å²) in [6.45, 7) is 6.03. The minimum atomic E-state index is -0.169. The molecule has 0 aliphatic carbocycles. The SMILES string of the molecule is CC(C)(C)Oc1cccc(I)n1. The number of hydrogen-bond donors (Lipinski definition) is 0. The van der Waals surface area contributed by atoms with E-state index in [1.807, 2.05) is 39.0 Å². The van der Waals surface area contributed by atoms with Crippen molar-refractivity contribution in [3.8, 4) is 5.88 Å². The van der Waals surface area contributed by atoms with Gasteiger partial charge in [0.25, 0.3) is 0 Å². The Morgan fingerprint density at radius 1 is 1.33 bits per heavy atom. The lowest BCUT2D eigenvalue weighted by atomic mass is 10.2. The van der Waals surface area contributed by atoms with Crippen LogP contribution < -0.4 is 4.74 Å². The van der Waals surface area contributed by atoms with E-state index in [0.717, 1.165) is 3.70 Å². The van der Waals surface area contributed by atoms with Crippen LogP contribution in [-0.4, -0.2) is 10.6 Å². The molecule has 0 aromatic carbocycles. The first-order valence-electron chi connectivity index (χ1n) is 3.79. The zero-order chi connectivity index (χ0) is 9.19. The topological polar surface area (TPSA) is 22.1 Å². The molecule has 1 heterocycles. The van der Waals surface area contributed by atoms with Gasteiger partial charge in [-0.2, -0.15) is 0 Å². The first kappa shape index (κ1) is 9.77. The van der Waals surface area contributed by atoms with Crippen molar-refractivity contribution in [2.75, 3.05) is 0 Å². The van der Waals surface area contributed by atoms with Crippen molar-refractivity contribution in [2.24, 2.45) is 0 Å². The minimum absolute atomic E-state index is 0.169. The highest BCUT2D eigenvalue weighted by Crippen LogP contribution is 2.15. The summed E-state index contributed by atoms with van der Waals surface area (Å²) in [4.78, 5) is 4.22. The normalized spacial score (nSPS) is 11.3. The molecule has 0 saturated carbocycles. The highest BCUT2D eigenvalue weighted by atomic mass is 127. The summed E-state index contributed by atoms with van der Waals surface area (Å²) in [5.74, 6) is 0.689. The molecule has 0 atom stereocenters. The third-order valence-electron chi connectivity index (χ3n) is 1.10. The molecule has 12 heavy (non-hydrogen) atoms. The first-order valence-corrected chi connectivity index (χ1v) is 4.87. The van der Waals surface area contributed by atoms with Crippen molar-refractivity contribution in [1.29, 1.82) is 0 Å². The van der Waals surface area contributed by atoms with E-state index in [1.54, 1.807) is 0 Å². The number of hydrogen-bond acceptors (Lipinski definition) is 2. The second-order valence-corrected chi connectivity index (χ2v) is 4.62. The lowest BCUT2D eigenvalue weighted by molar-refractivity contribution is 0.124. The molecule has 1 rings (SSSR count). The van der Waals surface area contributed by atoms with E-state index in [1.165, 1.54) is 0 Å². The second kappa shape index (κ2) is 3.60. The highest BCUT2D eigenvalue weighted by molar-refractivity contribution is 14.1. The fourth-order valence-electron chi connectivity index (χ4n) is 0.760. The van der Waals surface area contributed by atoms with Crippen LogP contribution in [0.25, 0.3) is 0 Å². The van der Waals surface area contributed by atoms with E-state index >= 15 is 0 Å². The van der Waals surface area contributed by atoms with Crippen molar-refractivity contribution in [2.45, 2.75) is 26.4 Å². The number of pyridine rings is 1. The van der Waals surface area contributed by atoms with Crippen molar-refractivity contribution in [3.63, 3.8) is 0 Å². The summed E-state index contributed by atoms with van der Waals surface area (Å²) in [6.07, 6.45) is 0. The van der Waals surface area contributed by atoms with Crippen LogP contribution in [-0.2, 0) is 0 Å². The van der Waals surface area contributed by atoms with Gasteiger partial charge >= 0.3 is 0 Å². The number of rotatable bonds is 1. The highest BCUT2D eigenvalue weighted by Gasteiger charge is 2.12. The van der Waals surface area contributed by atoms with Gasteiger partial charge in [-0.15, -0.1) is 0 Å². The summed E-state index contributed by atoms with van der Waals surface area (Å²) in [5, 5.41) is 0. The van der Waals surface area contributed by atoms with E-state index < -0.39 is 0 Å². The summed E-state index contributed by atoms with van der Waals surface area (Å²) in [6, 6.07) is 5.75. The molecular formula is C9H12INO. The Labute approximate surface area is 86.5 Å². The standard InChI is InChI=1S/C9H12INO/c1-9(2,3)12-8-6-4-5-7(10)11-8/h4-6H,1-3H3. The number of aromatic nitrogens is 1.